The predicted molar refractivity (Wildman–Crippen MR) is 103 cm³/mol. The van der Waals surface area contributed by atoms with Crippen LogP contribution in [-0.2, 0) is 22.6 Å². The quantitative estimate of drug-likeness (QED) is 0.639. The lowest BCUT2D eigenvalue weighted by Gasteiger charge is -2.14. The Morgan fingerprint density at radius 3 is 2.39 bits per heavy atom. The van der Waals surface area contributed by atoms with E-state index in [4.69, 9.17) is 4.74 Å². The molecule has 1 amide bonds. The number of esters is 1. The van der Waals surface area contributed by atoms with E-state index < -0.39 is 12.1 Å². The zero-order valence-electron chi connectivity index (χ0n) is 15.8. The Bertz CT molecular complexity index is 919. The average Bonchev–Trinajstić information content (AvgIpc) is 3.20. The van der Waals surface area contributed by atoms with E-state index in [1.807, 2.05) is 43.3 Å². The lowest BCUT2D eigenvalue weighted by atomic mass is 10.1. The van der Waals surface area contributed by atoms with Crippen LogP contribution in [0.3, 0.4) is 0 Å². The normalized spacial score (nSPS) is 11.6. The summed E-state index contributed by atoms with van der Waals surface area (Å²) in [6, 6.07) is 14.9. The molecule has 7 heteroatoms. The van der Waals surface area contributed by atoms with Crippen LogP contribution in [0, 0.1) is 6.92 Å². The molecular weight excluding hydrogens is 356 g/mol. The highest BCUT2D eigenvalue weighted by Gasteiger charge is 2.18. The van der Waals surface area contributed by atoms with Gasteiger partial charge in [0, 0.05) is 6.54 Å². The van der Waals surface area contributed by atoms with E-state index in [0.29, 0.717) is 18.7 Å². The number of benzene rings is 2. The largest absolute Gasteiger partial charge is 0.449 e. The fourth-order valence-electron chi connectivity index (χ4n) is 2.57. The standard InChI is InChI=1S/C21H22N4O3/c1-15-3-5-17(6-4-15)11-23-20(26)16(2)28-21(27)19-9-7-18(8-10-19)12-25-14-22-13-24-25/h3-10,13-14,16H,11-12H2,1-2H3,(H,23,26). The topological polar surface area (TPSA) is 86.1 Å². The van der Waals surface area contributed by atoms with E-state index in [0.717, 1.165) is 16.7 Å². The van der Waals surface area contributed by atoms with Gasteiger partial charge in [-0.2, -0.15) is 5.10 Å². The Kier molecular flexibility index (Phi) is 6.16. The van der Waals surface area contributed by atoms with Gasteiger partial charge in [-0.15, -0.1) is 0 Å². The Hall–Kier alpha value is -3.48. The third-order valence-electron chi connectivity index (χ3n) is 4.24. The second-order valence-corrected chi connectivity index (χ2v) is 6.54. The molecule has 0 fully saturated rings. The monoisotopic (exact) mass is 378 g/mol. The van der Waals surface area contributed by atoms with Crippen LogP contribution in [0.4, 0.5) is 0 Å². The van der Waals surface area contributed by atoms with Crippen LogP contribution >= 0.6 is 0 Å². The highest BCUT2D eigenvalue weighted by molar-refractivity contribution is 5.92. The smallest absolute Gasteiger partial charge is 0.338 e. The number of nitrogens with one attached hydrogen (secondary N) is 1. The van der Waals surface area contributed by atoms with Crippen molar-refractivity contribution < 1.29 is 14.3 Å². The van der Waals surface area contributed by atoms with Crippen LogP contribution in [0.2, 0.25) is 0 Å². The maximum atomic E-state index is 12.3. The van der Waals surface area contributed by atoms with E-state index >= 15 is 0 Å². The van der Waals surface area contributed by atoms with Crippen molar-refractivity contribution in [2.24, 2.45) is 0 Å². The van der Waals surface area contributed by atoms with Gasteiger partial charge in [0.1, 0.15) is 12.7 Å². The van der Waals surface area contributed by atoms with Gasteiger partial charge in [-0.1, -0.05) is 42.0 Å². The van der Waals surface area contributed by atoms with Crippen molar-refractivity contribution in [2.45, 2.75) is 33.0 Å². The molecular formula is C21H22N4O3. The lowest BCUT2D eigenvalue weighted by molar-refractivity contribution is -0.129. The number of hydrogen-bond donors (Lipinski definition) is 1. The van der Waals surface area contributed by atoms with Crippen LogP contribution in [-0.4, -0.2) is 32.7 Å². The summed E-state index contributed by atoms with van der Waals surface area (Å²) in [7, 11) is 0. The molecule has 3 rings (SSSR count). The van der Waals surface area contributed by atoms with E-state index in [1.54, 1.807) is 30.1 Å². The van der Waals surface area contributed by atoms with Crippen molar-refractivity contribution in [3.05, 3.63) is 83.4 Å². The average molecular weight is 378 g/mol. The van der Waals surface area contributed by atoms with Crippen molar-refractivity contribution in [1.29, 1.82) is 0 Å². The molecule has 0 saturated carbocycles. The zero-order valence-corrected chi connectivity index (χ0v) is 15.8. The van der Waals surface area contributed by atoms with E-state index in [2.05, 4.69) is 15.4 Å². The second-order valence-electron chi connectivity index (χ2n) is 6.54. The first-order chi connectivity index (χ1) is 13.5. The maximum absolute atomic E-state index is 12.3. The number of carbonyl (C=O) groups excluding carboxylic acids is 2. The summed E-state index contributed by atoms with van der Waals surface area (Å²) >= 11 is 0. The summed E-state index contributed by atoms with van der Waals surface area (Å²) in [4.78, 5) is 28.3. The summed E-state index contributed by atoms with van der Waals surface area (Å²) in [6.45, 7) is 4.51. The first kappa shape index (κ1) is 19.3. The Morgan fingerprint density at radius 2 is 1.75 bits per heavy atom. The number of rotatable bonds is 7. The highest BCUT2D eigenvalue weighted by Crippen LogP contribution is 2.09. The number of hydrogen-bond acceptors (Lipinski definition) is 5. The highest BCUT2D eigenvalue weighted by atomic mass is 16.5. The van der Waals surface area contributed by atoms with Crippen LogP contribution in [0.25, 0.3) is 0 Å². The minimum Gasteiger partial charge on any atom is -0.449 e. The van der Waals surface area contributed by atoms with Gasteiger partial charge in [0.2, 0.25) is 0 Å². The van der Waals surface area contributed by atoms with Crippen molar-refractivity contribution in [1.82, 2.24) is 20.1 Å². The van der Waals surface area contributed by atoms with Crippen LogP contribution < -0.4 is 5.32 Å². The first-order valence-electron chi connectivity index (χ1n) is 8.97. The molecule has 1 heterocycles. The molecule has 0 radical (unpaired) electrons. The van der Waals surface area contributed by atoms with Crippen molar-refractivity contribution >= 4 is 11.9 Å². The molecule has 1 aromatic heterocycles. The molecule has 1 unspecified atom stereocenters. The van der Waals surface area contributed by atoms with Gasteiger partial charge in [-0.25, -0.2) is 14.5 Å². The van der Waals surface area contributed by atoms with Crippen LogP contribution in [0.1, 0.15) is 34.0 Å². The van der Waals surface area contributed by atoms with Crippen LogP contribution in [0.15, 0.2) is 61.2 Å². The number of aryl methyl sites for hydroxylation is 1. The number of nitrogens with zero attached hydrogens (tertiary/aromatic N) is 3. The number of aromatic nitrogens is 3. The molecule has 28 heavy (non-hydrogen) atoms. The Morgan fingerprint density at radius 1 is 1.07 bits per heavy atom. The van der Waals surface area contributed by atoms with Gasteiger partial charge < -0.3 is 10.1 Å². The van der Waals surface area contributed by atoms with Crippen molar-refractivity contribution in [2.75, 3.05) is 0 Å². The Balaban J connectivity index is 1.50. The summed E-state index contributed by atoms with van der Waals surface area (Å²) in [5.74, 6) is -0.873. The minimum absolute atomic E-state index is 0.336. The van der Waals surface area contributed by atoms with Crippen molar-refractivity contribution in [3.63, 3.8) is 0 Å². The molecule has 144 valence electrons. The number of ether oxygens (including phenoxy) is 1. The fraction of sp³-hybridized carbons (Fsp3) is 0.238. The van der Waals surface area contributed by atoms with E-state index in [-0.39, 0.29) is 5.91 Å². The van der Waals surface area contributed by atoms with Gasteiger partial charge >= 0.3 is 5.97 Å². The summed E-state index contributed by atoms with van der Waals surface area (Å²) < 4.78 is 6.96. The molecule has 0 bridgehead atoms. The van der Waals surface area contributed by atoms with E-state index in [9.17, 15) is 9.59 Å². The molecule has 0 spiro atoms. The summed E-state index contributed by atoms with van der Waals surface area (Å²) in [5, 5.41) is 6.82. The molecule has 7 nitrogen and oxygen atoms in total. The zero-order chi connectivity index (χ0) is 19.9. The third kappa shape index (κ3) is 5.26. The van der Waals surface area contributed by atoms with Gasteiger partial charge in [0.25, 0.3) is 5.91 Å². The van der Waals surface area contributed by atoms with E-state index in [1.165, 1.54) is 6.33 Å². The predicted octanol–water partition coefficient (Wildman–Crippen LogP) is 2.50. The minimum atomic E-state index is -0.882. The number of carbonyl (C=O) groups is 2. The SMILES string of the molecule is Cc1ccc(CNC(=O)C(C)OC(=O)c2ccc(Cn3cncn3)cc2)cc1. The first-order valence-corrected chi connectivity index (χ1v) is 8.97. The van der Waals surface area contributed by atoms with Crippen molar-refractivity contribution in [3.8, 4) is 0 Å². The molecule has 0 aliphatic carbocycles. The molecule has 1 N–H and O–H groups in total. The number of amides is 1. The molecule has 1 atom stereocenters. The lowest BCUT2D eigenvalue weighted by Crippen LogP contribution is -2.35. The van der Waals surface area contributed by atoms with Gasteiger partial charge in [0.05, 0.1) is 12.1 Å². The molecule has 0 aliphatic heterocycles. The molecule has 0 aliphatic rings. The van der Waals surface area contributed by atoms with Gasteiger partial charge in [0.15, 0.2) is 6.10 Å². The van der Waals surface area contributed by atoms with Gasteiger partial charge in [-0.05, 0) is 37.1 Å². The summed E-state index contributed by atoms with van der Waals surface area (Å²) in [5.41, 5.74) is 3.51. The molecule has 0 saturated heterocycles. The third-order valence-corrected chi connectivity index (χ3v) is 4.24. The fourth-order valence-corrected chi connectivity index (χ4v) is 2.57. The Labute approximate surface area is 163 Å². The second kappa shape index (κ2) is 8.94. The van der Waals surface area contributed by atoms with Gasteiger partial charge in [-0.3, -0.25) is 4.79 Å². The van der Waals surface area contributed by atoms with Crippen LogP contribution in [0.5, 0.6) is 0 Å². The molecule has 3 aromatic rings. The maximum Gasteiger partial charge on any atom is 0.338 e. The molecule has 2 aromatic carbocycles. The summed E-state index contributed by atoms with van der Waals surface area (Å²) in [6.07, 6.45) is 2.21.